The lowest BCUT2D eigenvalue weighted by Gasteiger charge is -2.57. The normalized spacial score (nSPS) is 23.3. The molecule has 1 N–H and O–H groups in total. The molecule has 0 amide bonds. The molecule has 102 valence electrons. The summed E-state index contributed by atoms with van der Waals surface area (Å²) >= 11 is 0. The van der Waals surface area contributed by atoms with Gasteiger partial charge in [-0.25, -0.2) is 0 Å². The summed E-state index contributed by atoms with van der Waals surface area (Å²) in [7, 11) is 0. The quantitative estimate of drug-likeness (QED) is 0.900. The Balaban J connectivity index is 2.11. The lowest BCUT2D eigenvalue weighted by atomic mass is 9.56. The Morgan fingerprint density at radius 1 is 1.16 bits per heavy atom. The molecule has 0 saturated carbocycles. The fourth-order valence-electron chi connectivity index (χ4n) is 3.26. The van der Waals surface area contributed by atoms with Gasteiger partial charge in [-0.3, -0.25) is 4.79 Å². The molecule has 1 aromatic rings. The Morgan fingerprint density at radius 3 is 2.16 bits per heavy atom. The summed E-state index contributed by atoms with van der Waals surface area (Å²) in [4.78, 5) is 11.8. The number of hydrogen-bond donors (Lipinski definition) is 1. The van der Waals surface area contributed by atoms with Gasteiger partial charge in [-0.1, -0.05) is 23.8 Å². The van der Waals surface area contributed by atoms with E-state index in [1.807, 2.05) is 19.9 Å². The third-order valence-corrected chi connectivity index (χ3v) is 4.62. The number of aryl methyl sites for hydroxylation is 2. The van der Waals surface area contributed by atoms with Gasteiger partial charge in [0.15, 0.2) is 0 Å². The maximum atomic E-state index is 11.8. The van der Waals surface area contributed by atoms with Gasteiger partial charge in [0.25, 0.3) is 0 Å². The van der Waals surface area contributed by atoms with Crippen LogP contribution >= 0.6 is 0 Å². The third kappa shape index (κ3) is 1.50. The van der Waals surface area contributed by atoms with Crippen molar-refractivity contribution in [2.75, 3.05) is 26.4 Å². The Bertz CT molecular complexity index is 527. The summed E-state index contributed by atoms with van der Waals surface area (Å²) in [5.74, 6) is -0.776. The minimum absolute atomic E-state index is 0.277. The molecule has 2 aliphatic heterocycles. The van der Waals surface area contributed by atoms with E-state index in [2.05, 4.69) is 12.1 Å². The minimum Gasteiger partial charge on any atom is -0.481 e. The van der Waals surface area contributed by atoms with E-state index in [0.29, 0.717) is 13.2 Å². The molecule has 0 aliphatic carbocycles. The fourth-order valence-corrected chi connectivity index (χ4v) is 3.26. The van der Waals surface area contributed by atoms with Crippen molar-refractivity contribution in [3.8, 4) is 0 Å². The predicted molar refractivity (Wildman–Crippen MR) is 69.3 cm³/mol. The van der Waals surface area contributed by atoms with Crippen LogP contribution in [0.25, 0.3) is 0 Å². The highest BCUT2D eigenvalue weighted by Gasteiger charge is 2.66. The summed E-state index contributed by atoms with van der Waals surface area (Å²) in [6, 6.07) is 6.19. The van der Waals surface area contributed by atoms with E-state index >= 15 is 0 Å². The van der Waals surface area contributed by atoms with Gasteiger partial charge in [0.05, 0.1) is 31.8 Å². The summed E-state index contributed by atoms with van der Waals surface area (Å²) in [5, 5.41) is 9.66. The zero-order valence-corrected chi connectivity index (χ0v) is 11.2. The molecule has 4 heteroatoms. The highest BCUT2D eigenvalue weighted by molar-refractivity contribution is 5.79. The second-order valence-corrected chi connectivity index (χ2v) is 5.77. The van der Waals surface area contributed by atoms with Crippen LogP contribution in [0.2, 0.25) is 0 Å². The monoisotopic (exact) mass is 262 g/mol. The molecule has 0 radical (unpaired) electrons. The van der Waals surface area contributed by atoms with E-state index in [1.54, 1.807) is 0 Å². The molecule has 0 unspecified atom stereocenters. The van der Waals surface area contributed by atoms with Crippen molar-refractivity contribution in [1.82, 2.24) is 0 Å². The van der Waals surface area contributed by atoms with Crippen LogP contribution in [-0.2, 0) is 19.7 Å². The Kier molecular flexibility index (Phi) is 2.69. The van der Waals surface area contributed by atoms with Crippen molar-refractivity contribution in [3.63, 3.8) is 0 Å². The number of aliphatic carboxylic acids is 1. The molecule has 0 spiro atoms. The van der Waals surface area contributed by atoms with Gasteiger partial charge in [0.1, 0.15) is 5.41 Å². The minimum atomic E-state index is -0.828. The van der Waals surface area contributed by atoms with E-state index < -0.39 is 16.8 Å². The second-order valence-electron chi connectivity index (χ2n) is 5.77. The van der Waals surface area contributed by atoms with Crippen LogP contribution in [0.4, 0.5) is 0 Å². The molecule has 2 aliphatic rings. The highest BCUT2D eigenvalue weighted by Crippen LogP contribution is 2.52. The van der Waals surface area contributed by atoms with E-state index in [0.717, 1.165) is 11.1 Å². The first kappa shape index (κ1) is 12.6. The third-order valence-electron chi connectivity index (χ3n) is 4.62. The van der Waals surface area contributed by atoms with Gasteiger partial charge in [0, 0.05) is 0 Å². The van der Waals surface area contributed by atoms with E-state index in [-0.39, 0.29) is 13.2 Å². The van der Waals surface area contributed by atoms with Crippen LogP contribution in [0.15, 0.2) is 18.2 Å². The summed E-state index contributed by atoms with van der Waals surface area (Å²) in [6.07, 6.45) is 0. The van der Waals surface area contributed by atoms with Crippen LogP contribution in [0.1, 0.15) is 16.7 Å². The van der Waals surface area contributed by atoms with Gasteiger partial charge >= 0.3 is 5.97 Å². The first-order valence-corrected chi connectivity index (χ1v) is 6.48. The molecule has 0 aromatic heterocycles. The largest absolute Gasteiger partial charge is 0.481 e. The van der Waals surface area contributed by atoms with Crippen molar-refractivity contribution >= 4 is 5.97 Å². The summed E-state index contributed by atoms with van der Waals surface area (Å²) in [5.41, 5.74) is 2.15. The van der Waals surface area contributed by atoms with E-state index in [1.165, 1.54) is 5.56 Å². The van der Waals surface area contributed by atoms with Crippen molar-refractivity contribution < 1.29 is 19.4 Å². The zero-order chi connectivity index (χ0) is 13.7. The summed E-state index contributed by atoms with van der Waals surface area (Å²) < 4.78 is 10.6. The van der Waals surface area contributed by atoms with Crippen LogP contribution in [0.5, 0.6) is 0 Å². The topological polar surface area (TPSA) is 55.8 Å². The first-order valence-electron chi connectivity index (χ1n) is 6.48. The lowest BCUT2D eigenvalue weighted by Crippen LogP contribution is -2.70. The van der Waals surface area contributed by atoms with E-state index in [9.17, 15) is 9.90 Å². The maximum Gasteiger partial charge on any atom is 0.315 e. The SMILES string of the molecule is Cc1ccc(C2(C3(C(=O)O)COC3)COC2)c(C)c1. The van der Waals surface area contributed by atoms with Gasteiger partial charge in [-0.2, -0.15) is 0 Å². The predicted octanol–water partition coefficient (Wildman–Crippen LogP) is 1.67. The molecule has 0 bridgehead atoms. The van der Waals surface area contributed by atoms with Gasteiger partial charge in [-0.15, -0.1) is 0 Å². The second kappa shape index (κ2) is 4.05. The molecule has 2 saturated heterocycles. The zero-order valence-electron chi connectivity index (χ0n) is 11.2. The standard InChI is InChI=1S/C15H18O4/c1-10-3-4-12(11(2)5-10)14(6-18-7-14)15(13(16)17)8-19-9-15/h3-5H,6-9H2,1-2H3,(H,16,17). The molecule has 3 rings (SSSR count). The first-order chi connectivity index (χ1) is 9.02. The van der Waals surface area contributed by atoms with Gasteiger partial charge < -0.3 is 14.6 Å². The molecule has 2 fully saturated rings. The average Bonchev–Trinajstić information content (AvgIpc) is 2.21. The van der Waals surface area contributed by atoms with Crippen LogP contribution in [0, 0.1) is 19.3 Å². The molecule has 2 heterocycles. The van der Waals surface area contributed by atoms with Gasteiger partial charge in [-0.05, 0) is 25.0 Å². The van der Waals surface area contributed by atoms with Crippen molar-refractivity contribution in [2.45, 2.75) is 19.3 Å². The maximum absolute atomic E-state index is 11.8. The number of ether oxygens (including phenoxy) is 2. The van der Waals surface area contributed by atoms with Crippen LogP contribution < -0.4 is 0 Å². The molecule has 0 atom stereocenters. The van der Waals surface area contributed by atoms with Crippen LogP contribution in [-0.4, -0.2) is 37.5 Å². The van der Waals surface area contributed by atoms with Gasteiger partial charge in [0.2, 0.25) is 0 Å². The number of carbonyl (C=O) groups is 1. The smallest absolute Gasteiger partial charge is 0.315 e. The van der Waals surface area contributed by atoms with Crippen LogP contribution in [0.3, 0.4) is 0 Å². The van der Waals surface area contributed by atoms with Crippen molar-refractivity contribution in [1.29, 1.82) is 0 Å². The van der Waals surface area contributed by atoms with Crippen molar-refractivity contribution in [2.24, 2.45) is 5.41 Å². The molecule has 4 nitrogen and oxygen atoms in total. The lowest BCUT2D eigenvalue weighted by molar-refractivity contribution is -0.236. The summed E-state index contributed by atoms with van der Waals surface area (Å²) in [6.45, 7) is 5.56. The Labute approximate surface area is 112 Å². The molecular weight excluding hydrogens is 244 g/mol. The Hall–Kier alpha value is -1.39. The van der Waals surface area contributed by atoms with Crippen molar-refractivity contribution in [3.05, 3.63) is 34.9 Å². The average molecular weight is 262 g/mol. The van der Waals surface area contributed by atoms with E-state index in [4.69, 9.17) is 9.47 Å². The number of benzene rings is 1. The number of carboxylic acid groups (broad SMARTS) is 1. The molecule has 19 heavy (non-hydrogen) atoms. The molecular formula is C15H18O4. The molecule has 1 aromatic carbocycles. The number of hydrogen-bond acceptors (Lipinski definition) is 3. The highest BCUT2D eigenvalue weighted by atomic mass is 16.5. The number of rotatable bonds is 3. The Morgan fingerprint density at radius 2 is 1.79 bits per heavy atom. The number of carboxylic acids is 1. The fraction of sp³-hybridized carbons (Fsp3) is 0.533.